The summed E-state index contributed by atoms with van der Waals surface area (Å²) in [5.74, 6) is 1.57. The fraction of sp³-hybridized carbons (Fsp3) is 0.353. The molecular formula is C17H18N4O2. The Hall–Kier alpha value is -2.47. The van der Waals surface area contributed by atoms with Crippen LogP contribution in [0.2, 0.25) is 0 Å². The summed E-state index contributed by atoms with van der Waals surface area (Å²) in [6, 6.07) is 9.29. The van der Waals surface area contributed by atoms with Crippen LogP contribution in [-0.4, -0.2) is 37.0 Å². The van der Waals surface area contributed by atoms with Gasteiger partial charge in [-0.3, -0.25) is 4.98 Å². The predicted octanol–water partition coefficient (Wildman–Crippen LogP) is 2.10. The minimum absolute atomic E-state index is 0.293. The monoisotopic (exact) mass is 310 g/mol. The van der Waals surface area contributed by atoms with Gasteiger partial charge in [0.05, 0.1) is 23.8 Å². The molecule has 6 heteroatoms. The molecule has 0 amide bonds. The van der Waals surface area contributed by atoms with E-state index < -0.39 is 0 Å². The molecule has 0 radical (unpaired) electrons. The maximum absolute atomic E-state index is 5.42. The van der Waals surface area contributed by atoms with Crippen molar-refractivity contribution in [1.82, 2.24) is 10.3 Å². The second-order valence-corrected chi connectivity index (χ2v) is 6.33. The Morgan fingerprint density at radius 1 is 1.04 bits per heavy atom. The molecule has 6 rings (SSSR count). The zero-order valence-electron chi connectivity index (χ0n) is 12.7. The van der Waals surface area contributed by atoms with E-state index in [1.165, 1.54) is 12.1 Å². The number of hydrogen-bond donors (Lipinski definition) is 2. The highest BCUT2D eigenvalue weighted by atomic mass is 16.7. The third-order valence-corrected chi connectivity index (χ3v) is 4.67. The Labute approximate surface area is 134 Å². The van der Waals surface area contributed by atoms with E-state index in [0.717, 1.165) is 36.0 Å². The highest BCUT2D eigenvalue weighted by Crippen LogP contribution is 2.35. The number of rotatable bonds is 3. The average molecular weight is 310 g/mol. The van der Waals surface area contributed by atoms with Crippen LogP contribution >= 0.6 is 0 Å². The summed E-state index contributed by atoms with van der Waals surface area (Å²) in [7, 11) is 0. The van der Waals surface area contributed by atoms with Crippen LogP contribution in [0.1, 0.15) is 6.42 Å². The lowest BCUT2D eigenvalue weighted by Crippen LogP contribution is -2.67. The van der Waals surface area contributed by atoms with E-state index >= 15 is 0 Å². The van der Waals surface area contributed by atoms with E-state index in [4.69, 9.17) is 9.47 Å². The first-order valence-electron chi connectivity index (χ1n) is 7.96. The van der Waals surface area contributed by atoms with Gasteiger partial charge in [-0.15, -0.1) is 0 Å². The predicted molar refractivity (Wildman–Crippen MR) is 87.6 cm³/mol. The summed E-state index contributed by atoms with van der Waals surface area (Å²) in [5.41, 5.74) is 3.12. The Bertz CT molecular complexity index is 735. The molecule has 118 valence electrons. The maximum Gasteiger partial charge on any atom is 0.231 e. The summed E-state index contributed by atoms with van der Waals surface area (Å²) in [4.78, 5) is 6.80. The fourth-order valence-electron chi connectivity index (χ4n) is 3.53. The van der Waals surface area contributed by atoms with Gasteiger partial charge in [0.15, 0.2) is 11.5 Å². The van der Waals surface area contributed by atoms with Gasteiger partial charge in [0.25, 0.3) is 0 Å². The van der Waals surface area contributed by atoms with Crippen LogP contribution in [0.4, 0.5) is 17.1 Å². The molecule has 0 saturated carbocycles. The zero-order valence-corrected chi connectivity index (χ0v) is 12.7. The van der Waals surface area contributed by atoms with Crippen molar-refractivity contribution in [1.29, 1.82) is 0 Å². The molecule has 2 aromatic rings. The highest BCUT2D eigenvalue weighted by molar-refractivity contribution is 5.66. The second kappa shape index (κ2) is 5.03. The van der Waals surface area contributed by atoms with Gasteiger partial charge in [-0.05, 0) is 24.6 Å². The quantitative estimate of drug-likeness (QED) is 0.905. The number of anilines is 3. The average Bonchev–Trinajstić information content (AvgIpc) is 3.02. The van der Waals surface area contributed by atoms with Gasteiger partial charge in [-0.2, -0.15) is 0 Å². The van der Waals surface area contributed by atoms with Crippen molar-refractivity contribution in [2.24, 2.45) is 0 Å². The molecule has 2 atom stereocenters. The summed E-state index contributed by atoms with van der Waals surface area (Å²) in [6.45, 7) is 2.42. The molecule has 1 aromatic heterocycles. The smallest absolute Gasteiger partial charge is 0.231 e. The third kappa shape index (κ3) is 2.35. The van der Waals surface area contributed by atoms with Gasteiger partial charge in [0.2, 0.25) is 6.79 Å². The molecule has 0 spiro atoms. The second-order valence-electron chi connectivity index (χ2n) is 6.33. The van der Waals surface area contributed by atoms with Gasteiger partial charge in [-0.1, -0.05) is 0 Å². The van der Waals surface area contributed by atoms with E-state index in [2.05, 4.69) is 26.6 Å². The first kappa shape index (κ1) is 13.0. The molecule has 1 aromatic carbocycles. The Kier molecular flexibility index (Phi) is 2.84. The molecule has 4 aliphatic heterocycles. The summed E-state index contributed by atoms with van der Waals surface area (Å²) in [6.07, 6.45) is 5.09. The largest absolute Gasteiger partial charge is 0.454 e. The van der Waals surface area contributed by atoms with E-state index in [0.29, 0.717) is 18.9 Å². The number of fused-ring (bicyclic) bond motifs is 3. The van der Waals surface area contributed by atoms with Gasteiger partial charge in [0, 0.05) is 36.9 Å². The highest BCUT2D eigenvalue weighted by Gasteiger charge is 2.36. The van der Waals surface area contributed by atoms with Gasteiger partial charge in [-0.25, -0.2) is 0 Å². The third-order valence-electron chi connectivity index (χ3n) is 4.67. The van der Waals surface area contributed by atoms with E-state index in [9.17, 15) is 0 Å². The fourth-order valence-corrected chi connectivity index (χ4v) is 3.53. The van der Waals surface area contributed by atoms with Crippen LogP contribution in [0.5, 0.6) is 11.5 Å². The molecule has 23 heavy (non-hydrogen) atoms. The van der Waals surface area contributed by atoms with Crippen molar-refractivity contribution in [3.05, 3.63) is 36.7 Å². The van der Waals surface area contributed by atoms with Crippen LogP contribution in [0.15, 0.2) is 36.7 Å². The van der Waals surface area contributed by atoms with E-state index in [1.807, 2.05) is 30.6 Å². The summed E-state index contributed by atoms with van der Waals surface area (Å²) in [5, 5.41) is 6.95. The molecule has 3 fully saturated rings. The number of hydrogen-bond acceptors (Lipinski definition) is 6. The van der Waals surface area contributed by atoms with Crippen molar-refractivity contribution in [3.63, 3.8) is 0 Å². The van der Waals surface area contributed by atoms with Crippen LogP contribution in [-0.2, 0) is 0 Å². The standard InChI is InChI=1S/C17H18N4O2/c1-2-16-17(23-10-22-16)5-11(1)19-12-4-15(7-18-6-12)21-8-13-3-14(9-21)20-13/h1-2,4-7,13-14,19-20H,3,8-10H2. The maximum atomic E-state index is 5.42. The molecule has 3 saturated heterocycles. The molecular weight excluding hydrogens is 292 g/mol. The minimum Gasteiger partial charge on any atom is -0.454 e. The summed E-state index contributed by atoms with van der Waals surface area (Å²) < 4.78 is 10.8. The SMILES string of the molecule is c1cc2c(cc1Nc1cncc(N3CC4CC(C3)N4)c1)OCO2. The van der Waals surface area contributed by atoms with Crippen LogP contribution in [0.3, 0.4) is 0 Å². The first-order chi connectivity index (χ1) is 11.3. The van der Waals surface area contributed by atoms with Crippen molar-refractivity contribution in [2.75, 3.05) is 30.1 Å². The zero-order chi connectivity index (χ0) is 15.2. The number of piperazine rings is 1. The number of aromatic nitrogens is 1. The number of piperidine rings is 1. The number of nitrogens with one attached hydrogen (secondary N) is 2. The topological polar surface area (TPSA) is 58.7 Å². The van der Waals surface area contributed by atoms with Gasteiger partial charge >= 0.3 is 0 Å². The lowest BCUT2D eigenvalue weighted by molar-refractivity contribution is 0.174. The normalized spacial score (nSPS) is 24.3. The molecule has 4 aliphatic rings. The van der Waals surface area contributed by atoms with Gasteiger partial charge in [0.1, 0.15) is 0 Å². The number of benzene rings is 1. The molecule has 5 heterocycles. The first-order valence-corrected chi connectivity index (χ1v) is 7.96. The molecule has 2 unspecified atom stereocenters. The van der Waals surface area contributed by atoms with Crippen LogP contribution < -0.4 is 25.0 Å². The van der Waals surface area contributed by atoms with Crippen LogP contribution in [0, 0.1) is 0 Å². The van der Waals surface area contributed by atoms with Crippen molar-refractivity contribution >= 4 is 17.1 Å². The molecule has 6 nitrogen and oxygen atoms in total. The Morgan fingerprint density at radius 3 is 2.74 bits per heavy atom. The van der Waals surface area contributed by atoms with E-state index in [1.54, 1.807) is 0 Å². The molecule has 2 N–H and O–H groups in total. The van der Waals surface area contributed by atoms with Crippen molar-refractivity contribution in [3.8, 4) is 11.5 Å². The van der Waals surface area contributed by atoms with E-state index in [-0.39, 0.29) is 0 Å². The minimum atomic E-state index is 0.293. The Balaban J connectivity index is 1.35. The van der Waals surface area contributed by atoms with Gasteiger partial charge < -0.3 is 25.0 Å². The molecule has 2 bridgehead atoms. The number of pyridine rings is 1. The molecule has 0 aliphatic carbocycles. The lowest BCUT2D eigenvalue weighted by atomic mass is 9.91. The van der Waals surface area contributed by atoms with Crippen LogP contribution in [0.25, 0.3) is 0 Å². The van der Waals surface area contributed by atoms with Crippen molar-refractivity contribution in [2.45, 2.75) is 18.5 Å². The number of nitrogens with zero attached hydrogens (tertiary/aromatic N) is 2. The van der Waals surface area contributed by atoms with Crippen molar-refractivity contribution < 1.29 is 9.47 Å². The lowest BCUT2D eigenvalue weighted by Gasteiger charge is -2.49. The summed E-state index contributed by atoms with van der Waals surface area (Å²) >= 11 is 0. The number of ether oxygens (including phenoxy) is 2. The Morgan fingerprint density at radius 2 is 1.87 bits per heavy atom.